The molecule has 2 rings (SSSR count). The summed E-state index contributed by atoms with van der Waals surface area (Å²) in [5, 5.41) is 12.0. The van der Waals surface area contributed by atoms with Crippen LogP contribution in [-0.2, 0) is 14.4 Å². The van der Waals surface area contributed by atoms with Crippen LogP contribution in [0.2, 0.25) is 0 Å². The third kappa shape index (κ3) is 4.45. The van der Waals surface area contributed by atoms with Crippen LogP contribution in [0, 0.1) is 5.92 Å². The van der Waals surface area contributed by atoms with Crippen LogP contribution in [0.3, 0.4) is 0 Å². The first-order valence-corrected chi connectivity index (χ1v) is 8.39. The summed E-state index contributed by atoms with van der Waals surface area (Å²) in [6, 6.07) is -0.699. The van der Waals surface area contributed by atoms with Gasteiger partial charge >= 0.3 is 5.97 Å². The highest BCUT2D eigenvalue weighted by molar-refractivity contribution is 5.84. The van der Waals surface area contributed by atoms with Crippen molar-refractivity contribution >= 4 is 17.8 Å². The van der Waals surface area contributed by atoms with Crippen molar-refractivity contribution in [3.8, 4) is 0 Å². The van der Waals surface area contributed by atoms with Gasteiger partial charge in [0.25, 0.3) is 0 Å². The van der Waals surface area contributed by atoms with Crippen molar-refractivity contribution in [3.63, 3.8) is 0 Å². The number of nitrogens with one attached hydrogen (secondary N) is 1. The number of piperidine rings is 1. The van der Waals surface area contributed by atoms with Gasteiger partial charge in [-0.05, 0) is 32.1 Å². The Morgan fingerprint density at radius 2 is 1.68 bits per heavy atom. The molecule has 0 radical (unpaired) electrons. The first-order valence-electron chi connectivity index (χ1n) is 8.39. The molecule has 1 aliphatic heterocycles. The summed E-state index contributed by atoms with van der Waals surface area (Å²) in [5.74, 6) is -0.970. The second kappa shape index (κ2) is 8.15. The molecule has 2 fully saturated rings. The van der Waals surface area contributed by atoms with E-state index >= 15 is 0 Å². The molecule has 1 heterocycles. The van der Waals surface area contributed by atoms with E-state index in [9.17, 15) is 19.5 Å². The summed E-state index contributed by atoms with van der Waals surface area (Å²) in [7, 11) is 0. The molecule has 1 aliphatic carbocycles. The molecular weight excluding hydrogens is 284 g/mol. The van der Waals surface area contributed by atoms with E-state index in [1.165, 1.54) is 11.3 Å². The lowest BCUT2D eigenvalue weighted by Crippen LogP contribution is -2.48. The minimum Gasteiger partial charge on any atom is -0.480 e. The molecule has 22 heavy (non-hydrogen) atoms. The molecule has 1 atom stereocenters. The molecule has 0 aromatic heterocycles. The molecule has 0 unspecified atom stereocenters. The summed E-state index contributed by atoms with van der Waals surface area (Å²) in [5.41, 5.74) is 0. The molecular formula is C16H26N2O4. The largest absolute Gasteiger partial charge is 0.480 e. The summed E-state index contributed by atoms with van der Waals surface area (Å²) in [6.45, 7) is 0.809. The smallest absolute Gasteiger partial charge is 0.326 e. The monoisotopic (exact) mass is 310 g/mol. The number of rotatable bonds is 5. The molecule has 0 bridgehead atoms. The Kier molecular flexibility index (Phi) is 6.21. The lowest BCUT2D eigenvalue weighted by molar-refractivity contribution is -0.152. The van der Waals surface area contributed by atoms with E-state index in [2.05, 4.69) is 5.32 Å². The summed E-state index contributed by atoms with van der Waals surface area (Å²) in [6.07, 6.45) is 7.69. The van der Waals surface area contributed by atoms with Crippen LogP contribution in [0.25, 0.3) is 0 Å². The molecule has 0 aromatic rings. The topological polar surface area (TPSA) is 86.7 Å². The molecule has 2 N–H and O–H groups in total. The second-order valence-corrected chi connectivity index (χ2v) is 6.31. The first kappa shape index (κ1) is 16.8. The minimum atomic E-state index is -0.931. The molecule has 6 nitrogen and oxygen atoms in total. The average molecular weight is 310 g/mol. The summed E-state index contributed by atoms with van der Waals surface area (Å²) < 4.78 is 0. The lowest BCUT2D eigenvalue weighted by atomic mass is 9.89. The van der Waals surface area contributed by atoms with Gasteiger partial charge in [0.15, 0.2) is 0 Å². The number of carbonyl (C=O) groups excluding carboxylic acids is 2. The van der Waals surface area contributed by atoms with Crippen LogP contribution < -0.4 is 5.32 Å². The number of likely N-dealkylation sites (tertiary alicyclic amines) is 1. The molecule has 0 spiro atoms. The summed E-state index contributed by atoms with van der Waals surface area (Å²) >= 11 is 0. The Morgan fingerprint density at radius 3 is 2.36 bits per heavy atom. The van der Waals surface area contributed by atoms with Crippen LogP contribution in [0.4, 0.5) is 0 Å². The van der Waals surface area contributed by atoms with Gasteiger partial charge in [0.2, 0.25) is 11.8 Å². The van der Waals surface area contributed by atoms with E-state index in [-0.39, 0.29) is 24.2 Å². The first-order chi connectivity index (χ1) is 10.6. The van der Waals surface area contributed by atoms with Crippen molar-refractivity contribution in [2.75, 3.05) is 13.1 Å². The van der Waals surface area contributed by atoms with Gasteiger partial charge in [0.05, 0.1) is 0 Å². The van der Waals surface area contributed by atoms with Gasteiger partial charge in [-0.1, -0.05) is 19.3 Å². The van der Waals surface area contributed by atoms with Crippen LogP contribution >= 0.6 is 0 Å². The predicted molar refractivity (Wildman–Crippen MR) is 81.2 cm³/mol. The number of amides is 2. The Morgan fingerprint density at radius 1 is 1.00 bits per heavy atom. The van der Waals surface area contributed by atoms with Gasteiger partial charge in [-0.15, -0.1) is 0 Å². The van der Waals surface area contributed by atoms with Gasteiger partial charge in [-0.2, -0.15) is 0 Å². The van der Waals surface area contributed by atoms with E-state index in [4.69, 9.17) is 0 Å². The third-order valence-electron chi connectivity index (χ3n) is 4.72. The third-order valence-corrected chi connectivity index (χ3v) is 4.72. The Labute approximate surface area is 131 Å². The molecule has 2 amide bonds. The van der Waals surface area contributed by atoms with Crippen molar-refractivity contribution in [1.29, 1.82) is 0 Å². The highest BCUT2D eigenvalue weighted by atomic mass is 16.4. The number of hydrogen-bond acceptors (Lipinski definition) is 3. The fourth-order valence-electron chi connectivity index (χ4n) is 3.43. The number of hydrogen-bond donors (Lipinski definition) is 2. The highest BCUT2D eigenvalue weighted by Crippen LogP contribution is 2.23. The Hall–Kier alpha value is -1.59. The lowest BCUT2D eigenvalue weighted by Gasteiger charge is -2.33. The van der Waals surface area contributed by atoms with Crippen molar-refractivity contribution in [3.05, 3.63) is 0 Å². The maximum Gasteiger partial charge on any atom is 0.326 e. The number of carbonyl (C=O) groups is 3. The molecule has 1 saturated carbocycles. The molecule has 124 valence electrons. The fraction of sp³-hybridized carbons (Fsp3) is 0.812. The number of nitrogens with zero attached hydrogens (tertiary/aromatic N) is 1. The summed E-state index contributed by atoms with van der Waals surface area (Å²) in [4.78, 5) is 36.8. The van der Waals surface area contributed by atoms with Gasteiger partial charge in [0, 0.05) is 25.4 Å². The Bertz CT molecular complexity index is 418. The second-order valence-electron chi connectivity index (χ2n) is 6.31. The Balaban J connectivity index is 1.74. The number of aliphatic carboxylic acids is 1. The van der Waals surface area contributed by atoms with E-state index in [1.54, 1.807) is 0 Å². The standard InChI is InChI=1S/C16H26N2O4/c19-14(18-11-5-4-8-13(18)16(21)22)9-10-17-15(20)12-6-2-1-3-7-12/h12-13H,1-11H2,(H,17,20)(H,21,22)/t13-/m1/s1. The van der Waals surface area contributed by atoms with Crippen molar-refractivity contribution < 1.29 is 19.5 Å². The molecule has 1 saturated heterocycles. The van der Waals surface area contributed by atoms with E-state index in [0.717, 1.165) is 38.5 Å². The van der Waals surface area contributed by atoms with E-state index in [0.29, 0.717) is 19.5 Å². The molecule has 0 aromatic carbocycles. The predicted octanol–water partition coefficient (Wildman–Crippen LogP) is 1.54. The van der Waals surface area contributed by atoms with Crippen molar-refractivity contribution in [1.82, 2.24) is 10.2 Å². The quantitative estimate of drug-likeness (QED) is 0.806. The minimum absolute atomic E-state index is 0.0425. The average Bonchev–Trinajstić information content (AvgIpc) is 2.55. The maximum absolute atomic E-state index is 12.2. The number of carboxylic acid groups (broad SMARTS) is 1. The normalized spacial score (nSPS) is 23.1. The highest BCUT2D eigenvalue weighted by Gasteiger charge is 2.31. The van der Waals surface area contributed by atoms with Gasteiger partial charge in [-0.25, -0.2) is 4.79 Å². The van der Waals surface area contributed by atoms with Crippen LogP contribution in [0.5, 0.6) is 0 Å². The van der Waals surface area contributed by atoms with Gasteiger partial charge in [0.1, 0.15) is 6.04 Å². The van der Waals surface area contributed by atoms with E-state index in [1.807, 2.05) is 0 Å². The van der Waals surface area contributed by atoms with Crippen LogP contribution in [0.15, 0.2) is 0 Å². The zero-order valence-corrected chi connectivity index (χ0v) is 13.1. The van der Waals surface area contributed by atoms with Gasteiger partial charge in [-0.3, -0.25) is 9.59 Å². The van der Waals surface area contributed by atoms with Crippen molar-refractivity contribution in [2.24, 2.45) is 5.92 Å². The molecule has 6 heteroatoms. The van der Waals surface area contributed by atoms with Gasteiger partial charge < -0.3 is 15.3 Å². The maximum atomic E-state index is 12.2. The zero-order chi connectivity index (χ0) is 15.9. The molecule has 2 aliphatic rings. The SMILES string of the molecule is O=C(NCCC(=O)N1CCCC[C@@H]1C(=O)O)C1CCCCC1. The van der Waals surface area contributed by atoms with E-state index < -0.39 is 12.0 Å². The van der Waals surface area contributed by atoms with Crippen LogP contribution in [-0.4, -0.2) is 46.9 Å². The van der Waals surface area contributed by atoms with Crippen LogP contribution in [0.1, 0.15) is 57.8 Å². The fourth-order valence-corrected chi connectivity index (χ4v) is 3.43. The van der Waals surface area contributed by atoms with Crippen molar-refractivity contribution in [2.45, 2.75) is 63.8 Å². The number of carboxylic acids is 1. The zero-order valence-electron chi connectivity index (χ0n) is 13.1.